The third kappa shape index (κ3) is 3.70. The van der Waals surface area contributed by atoms with Gasteiger partial charge in [-0.2, -0.15) is 0 Å². The van der Waals surface area contributed by atoms with E-state index in [0.29, 0.717) is 5.69 Å². The van der Waals surface area contributed by atoms with Crippen LogP contribution in [-0.4, -0.2) is 47.6 Å². The summed E-state index contributed by atoms with van der Waals surface area (Å²) in [5.41, 5.74) is 7.70. The fourth-order valence-corrected chi connectivity index (χ4v) is 2.62. The first-order chi connectivity index (χ1) is 10.3. The van der Waals surface area contributed by atoms with Crippen molar-refractivity contribution in [2.24, 2.45) is 0 Å². The van der Waals surface area contributed by atoms with Crippen LogP contribution < -0.4 is 10.6 Å². The molecule has 21 heavy (non-hydrogen) atoms. The van der Waals surface area contributed by atoms with Gasteiger partial charge in [0.2, 0.25) is 0 Å². The summed E-state index contributed by atoms with van der Waals surface area (Å²) in [6, 6.07) is 8.05. The molecule has 5 nitrogen and oxygen atoms in total. The Hall–Kier alpha value is -2.14. The highest BCUT2D eigenvalue weighted by Gasteiger charge is 2.17. The second-order valence-electron chi connectivity index (χ2n) is 5.39. The van der Waals surface area contributed by atoms with Gasteiger partial charge < -0.3 is 10.6 Å². The molecule has 2 aromatic rings. The number of nitrogen functional groups attached to an aromatic ring is 1. The molecule has 0 atom stereocenters. The Bertz CT molecular complexity index is 547. The molecule has 1 aliphatic heterocycles. The Morgan fingerprint density at radius 3 is 2.57 bits per heavy atom. The zero-order valence-electron chi connectivity index (χ0n) is 12.2. The lowest BCUT2D eigenvalue weighted by molar-refractivity contribution is 0.260. The van der Waals surface area contributed by atoms with Gasteiger partial charge in [0, 0.05) is 45.1 Å². The van der Waals surface area contributed by atoms with Crippen LogP contribution in [0.3, 0.4) is 0 Å². The summed E-state index contributed by atoms with van der Waals surface area (Å²) < 4.78 is 0. The van der Waals surface area contributed by atoms with Crippen molar-refractivity contribution in [1.29, 1.82) is 0 Å². The summed E-state index contributed by atoms with van der Waals surface area (Å²) in [4.78, 5) is 13.4. The van der Waals surface area contributed by atoms with Crippen LogP contribution in [-0.2, 0) is 6.42 Å². The van der Waals surface area contributed by atoms with E-state index in [-0.39, 0.29) is 0 Å². The van der Waals surface area contributed by atoms with Gasteiger partial charge in [0.25, 0.3) is 0 Å². The first-order valence-electron chi connectivity index (χ1n) is 7.39. The molecule has 2 N–H and O–H groups in total. The predicted molar refractivity (Wildman–Crippen MR) is 85.2 cm³/mol. The van der Waals surface area contributed by atoms with Gasteiger partial charge in [0.15, 0.2) is 0 Å². The minimum absolute atomic E-state index is 0.717. The van der Waals surface area contributed by atoms with E-state index < -0.39 is 0 Å². The maximum atomic E-state index is 5.68. The third-order valence-corrected chi connectivity index (χ3v) is 3.91. The molecule has 0 aromatic carbocycles. The number of aromatic nitrogens is 2. The number of pyridine rings is 2. The fourth-order valence-electron chi connectivity index (χ4n) is 2.62. The predicted octanol–water partition coefficient (Wildman–Crippen LogP) is 1.42. The molecule has 0 unspecified atom stereocenters. The van der Waals surface area contributed by atoms with Gasteiger partial charge in [-0.15, -0.1) is 0 Å². The Kier molecular flexibility index (Phi) is 4.31. The second kappa shape index (κ2) is 6.54. The molecule has 3 heterocycles. The van der Waals surface area contributed by atoms with E-state index in [4.69, 9.17) is 5.73 Å². The summed E-state index contributed by atoms with van der Waals surface area (Å²) in [7, 11) is 0. The number of anilines is 2. The molecule has 0 radical (unpaired) electrons. The minimum atomic E-state index is 0.717. The van der Waals surface area contributed by atoms with Crippen molar-refractivity contribution >= 4 is 11.5 Å². The van der Waals surface area contributed by atoms with E-state index in [1.807, 2.05) is 30.6 Å². The number of nitrogens with zero attached hydrogens (tertiary/aromatic N) is 4. The highest BCUT2D eigenvalue weighted by Crippen LogP contribution is 2.14. The number of piperazine rings is 1. The number of rotatable bonds is 4. The van der Waals surface area contributed by atoms with Crippen molar-refractivity contribution in [1.82, 2.24) is 14.9 Å². The molecule has 0 aliphatic carbocycles. The number of hydrogen-bond donors (Lipinski definition) is 1. The highest BCUT2D eigenvalue weighted by molar-refractivity contribution is 5.46. The van der Waals surface area contributed by atoms with Crippen molar-refractivity contribution in [3.05, 3.63) is 48.4 Å². The first-order valence-corrected chi connectivity index (χ1v) is 7.39. The van der Waals surface area contributed by atoms with Crippen LogP contribution in [0.4, 0.5) is 11.5 Å². The Morgan fingerprint density at radius 2 is 1.90 bits per heavy atom. The van der Waals surface area contributed by atoms with E-state index in [1.54, 1.807) is 6.20 Å². The van der Waals surface area contributed by atoms with Gasteiger partial charge in [-0.3, -0.25) is 9.88 Å². The van der Waals surface area contributed by atoms with E-state index >= 15 is 0 Å². The lowest BCUT2D eigenvalue weighted by Gasteiger charge is -2.35. The normalized spacial score (nSPS) is 16.1. The summed E-state index contributed by atoms with van der Waals surface area (Å²) >= 11 is 0. The van der Waals surface area contributed by atoms with Crippen LogP contribution in [0, 0.1) is 0 Å². The van der Waals surface area contributed by atoms with Crippen molar-refractivity contribution in [3.8, 4) is 0 Å². The molecule has 0 spiro atoms. The quantitative estimate of drug-likeness (QED) is 0.919. The second-order valence-corrected chi connectivity index (χ2v) is 5.39. The Morgan fingerprint density at radius 1 is 1.05 bits per heavy atom. The summed E-state index contributed by atoms with van der Waals surface area (Å²) in [6.07, 6.45) is 6.56. The molecule has 1 fully saturated rings. The average Bonchev–Trinajstić information content (AvgIpc) is 2.55. The van der Waals surface area contributed by atoms with Crippen LogP contribution in [0.2, 0.25) is 0 Å². The van der Waals surface area contributed by atoms with Crippen molar-refractivity contribution in [2.75, 3.05) is 43.4 Å². The van der Waals surface area contributed by atoms with Crippen LogP contribution in [0.25, 0.3) is 0 Å². The SMILES string of the molecule is Nc1ccc(N2CCN(CCc3cccnc3)CC2)nc1. The fraction of sp³-hybridized carbons (Fsp3) is 0.375. The first kappa shape index (κ1) is 13.8. The molecule has 2 aromatic heterocycles. The molecule has 0 bridgehead atoms. The van der Waals surface area contributed by atoms with Gasteiger partial charge >= 0.3 is 0 Å². The largest absolute Gasteiger partial charge is 0.397 e. The van der Waals surface area contributed by atoms with Gasteiger partial charge in [-0.1, -0.05) is 6.07 Å². The maximum absolute atomic E-state index is 5.68. The summed E-state index contributed by atoms with van der Waals surface area (Å²) in [6.45, 7) is 5.28. The monoisotopic (exact) mass is 283 g/mol. The van der Waals surface area contributed by atoms with Crippen LogP contribution in [0.15, 0.2) is 42.9 Å². The molecule has 0 saturated carbocycles. The molecule has 3 rings (SSSR count). The van der Waals surface area contributed by atoms with E-state index in [0.717, 1.165) is 45.0 Å². The van der Waals surface area contributed by atoms with E-state index in [9.17, 15) is 0 Å². The Balaban J connectivity index is 1.48. The molecule has 1 aliphatic rings. The smallest absolute Gasteiger partial charge is 0.128 e. The van der Waals surface area contributed by atoms with E-state index in [2.05, 4.69) is 25.8 Å². The molecular formula is C16H21N5. The molecule has 5 heteroatoms. The van der Waals surface area contributed by atoms with Gasteiger partial charge in [0.05, 0.1) is 11.9 Å². The van der Waals surface area contributed by atoms with Crippen molar-refractivity contribution in [3.63, 3.8) is 0 Å². The topological polar surface area (TPSA) is 58.3 Å². The van der Waals surface area contributed by atoms with Gasteiger partial charge in [-0.05, 0) is 30.2 Å². The maximum Gasteiger partial charge on any atom is 0.128 e. The van der Waals surface area contributed by atoms with Gasteiger partial charge in [-0.25, -0.2) is 4.98 Å². The van der Waals surface area contributed by atoms with Crippen molar-refractivity contribution < 1.29 is 0 Å². The lowest BCUT2D eigenvalue weighted by Crippen LogP contribution is -2.47. The molecule has 110 valence electrons. The molecule has 0 amide bonds. The average molecular weight is 283 g/mol. The molecule has 1 saturated heterocycles. The Labute approximate surface area is 125 Å². The number of hydrogen-bond acceptors (Lipinski definition) is 5. The van der Waals surface area contributed by atoms with Crippen LogP contribution in [0.1, 0.15) is 5.56 Å². The zero-order chi connectivity index (χ0) is 14.5. The summed E-state index contributed by atoms with van der Waals surface area (Å²) in [5, 5.41) is 0. The van der Waals surface area contributed by atoms with Gasteiger partial charge in [0.1, 0.15) is 5.82 Å². The van der Waals surface area contributed by atoms with Crippen LogP contribution in [0.5, 0.6) is 0 Å². The number of nitrogens with two attached hydrogens (primary N) is 1. The van der Waals surface area contributed by atoms with Crippen molar-refractivity contribution in [2.45, 2.75) is 6.42 Å². The molecular weight excluding hydrogens is 262 g/mol. The van der Waals surface area contributed by atoms with Crippen LogP contribution >= 0.6 is 0 Å². The zero-order valence-corrected chi connectivity index (χ0v) is 12.2. The minimum Gasteiger partial charge on any atom is -0.397 e. The standard InChI is InChI=1S/C16H21N5/c17-15-3-4-16(19-13-15)21-10-8-20(9-11-21)7-5-14-2-1-6-18-12-14/h1-4,6,12-13H,5,7-11,17H2. The third-order valence-electron chi connectivity index (χ3n) is 3.91. The summed E-state index contributed by atoms with van der Waals surface area (Å²) in [5.74, 6) is 1.02. The highest BCUT2D eigenvalue weighted by atomic mass is 15.3. The van der Waals surface area contributed by atoms with E-state index in [1.165, 1.54) is 5.56 Å². The lowest BCUT2D eigenvalue weighted by atomic mass is 10.2.